The van der Waals surface area contributed by atoms with Gasteiger partial charge in [0.1, 0.15) is 17.3 Å². The number of hydrogen-bond acceptors (Lipinski definition) is 1. The highest BCUT2D eigenvalue weighted by atomic mass is 35.5. The second kappa shape index (κ2) is 6.80. The molecule has 0 saturated carbocycles. The molecule has 1 heterocycles. The van der Waals surface area contributed by atoms with E-state index in [1.807, 2.05) is 6.07 Å². The number of carbonyl (C=O) groups is 1. The summed E-state index contributed by atoms with van der Waals surface area (Å²) in [6, 6.07) is 8.76. The minimum absolute atomic E-state index is 0. The molecule has 0 aliphatic rings. The minimum atomic E-state index is -0.790. The number of anilines is 1. The van der Waals surface area contributed by atoms with Crippen LogP contribution in [0.2, 0.25) is 0 Å². The third-order valence-electron chi connectivity index (χ3n) is 2.33. The minimum Gasteiger partial charge on any atom is -1.00 e. The molecule has 1 aromatic carbocycles. The van der Waals surface area contributed by atoms with E-state index in [-0.39, 0.29) is 19.0 Å². The monoisotopic (exact) mass is 284 g/mol. The lowest BCUT2D eigenvalue weighted by Gasteiger charge is -2.05. The summed E-state index contributed by atoms with van der Waals surface area (Å²) in [7, 11) is 0. The molecule has 0 aliphatic heterocycles. The van der Waals surface area contributed by atoms with Crippen LogP contribution in [-0.2, 0) is 11.3 Å². The Morgan fingerprint density at radius 2 is 1.63 bits per heavy atom. The summed E-state index contributed by atoms with van der Waals surface area (Å²) in [5.74, 6) is -2.07. The normalized spacial score (nSPS) is 9.58. The third-order valence-corrected chi connectivity index (χ3v) is 2.33. The van der Waals surface area contributed by atoms with Crippen molar-refractivity contribution in [1.82, 2.24) is 0 Å². The number of halogens is 3. The van der Waals surface area contributed by atoms with Crippen LogP contribution >= 0.6 is 0 Å². The molecular weight excluding hydrogens is 274 g/mol. The number of benzene rings is 1. The molecule has 0 fully saturated rings. The molecule has 1 amide bonds. The molecule has 2 aromatic rings. The van der Waals surface area contributed by atoms with E-state index in [0.29, 0.717) is 0 Å². The summed E-state index contributed by atoms with van der Waals surface area (Å²) in [5, 5.41) is 2.22. The summed E-state index contributed by atoms with van der Waals surface area (Å²) < 4.78 is 28.2. The molecule has 6 heteroatoms. The van der Waals surface area contributed by atoms with E-state index in [1.165, 1.54) is 6.07 Å². The number of para-hydroxylation sites is 1. The second-order valence-electron chi connectivity index (χ2n) is 3.69. The lowest BCUT2D eigenvalue weighted by molar-refractivity contribution is -0.684. The second-order valence-corrected chi connectivity index (χ2v) is 3.69. The number of nitrogens with one attached hydrogen (secondary N) is 1. The Balaban J connectivity index is 0.00000180. The number of carbonyl (C=O) groups excluding carboxylic acids is 1. The predicted molar refractivity (Wildman–Crippen MR) is 61.6 cm³/mol. The predicted octanol–water partition coefficient (Wildman–Crippen LogP) is -1.10. The molecule has 0 unspecified atom stereocenters. The maximum atomic E-state index is 13.3. The number of nitrogens with zero attached hydrogens (tertiary/aromatic N) is 1. The van der Waals surface area contributed by atoms with Gasteiger partial charge in [0.25, 0.3) is 5.91 Å². The number of amides is 1. The van der Waals surface area contributed by atoms with Crippen molar-refractivity contribution in [2.45, 2.75) is 6.54 Å². The molecule has 1 N–H and O–H groups in total. The Hall–Kier alpha value is -2.01. The standard InChI is InChI=1S/C13H10F2N2O.ClH/c14-10-5-4-6-11(15)13(10)16-12(18)9-17-7-2-1-3-8-17;/h1-8H,9H2;1H. The molecule has 100 valence electrons. The van der Waals surface area contributed by atoms with Gasteiger partial charge in [-0.2, -0.15) is 4.57 Å². The van der Waals surface area contributed by atoms with Gasteiger partial charge in [0.15, 0.2) is 12.4 Å². The molecule has 0 aliphatic carbocycles. The average molecular weight is 285 g/mol. The van der Waals surface area contributed by atoms with E-state index in [0.717, 1.165) is 12.1 Å². The van der Waals surface area contributed by atoms with Crippen LogP contribution in [0.15, 0.2) is 48.8 Å². The summed E-state index contributed by atoms with van der Waals surface area (Å²) in [5.41, 5.74) is -0.418. The van der Waals surface area contributed by atoms with Crippen molar-refractivity contribution in [2.24, 2.45) is 0 Å². The maximum absolute atomic E-state index is 13.3. The number of aromatic nitrogens is 1. The summed E-state index contributed by atoms with van der Waals surface area (Å²) in [6.45, 7) is -0.00534. The van der Waals surface area contributed by atoms with Crippen molar-refractivity contribution in [3.8, 4) is 0 Å². The third kappa shape index (κ3) is 3.99. The van der Waals surface area contributed by atoms with Gasteiger partial charge in [-0.3, -0.25) is 4.79 Å². The van der Waals surface area contributed by atoms with Crippen molar-refractivity contribution < 1.29 is 30.5 Å². The molecule has 0 atom stereocenters. The highest BCUT2D eigenvalue weighted by Gasteiger charge is 2.14. The van der Waals surface area contributed by atoms with Crippen LogP contribution in [-0.4, -0.2) is 5.91 Å². The molecule has 3 nitrogen and oxygen atoms in total. The quantitative estimate of drug-likeness (QED) is 0.713. The van der Waals surface area contributed by atoms with E-state index in [2.05, 4.69) is 5.32 Å². The first kappa shape index (κ1) is 15.0. The number of pyridine rings is 1. The topological polar surface area (TPSA) is 33.0 Å². The smallest absolute Gasteiger partial charge is 0.290 e. The van der Waals surface area contributed by atoms with Crippen molar-refractivity contribution in [3.63, 3.8) is 0 Å². The van der Waals surface area contributed by atoms with Crippen LogP contribution in [0.5, 0.6) is 0 Å². The Bertz CT molecular complexity index is 544. The van der Waals surface area contributed by atoms with Crippen LogP contribution in [0, 0.1) is 11.6 Å². The Kier molecular flexibility index (Phi) is 5.38. The van der Waals surface area contributed by atoms with E-state index < -0.39 is 23.2 Å². The van der Waals surface area contributed by atoms with Crippen molar-refractivity contribution >= 4 is 11.6 Å². The molecule has 0 bridgehead atoms. The molecule has 1 aromatic heterocycles. The fraction of sp³-hybridized carbons (Fsp3) is 0.0769. The molecule has 0 saturated heterocycles. The Morgan fingerprint density at radius 1 is 1.05 bits per heavy atom. The van der Waals surface area contributed by atoms with E-state index in [1.54, 1.807) is 29.1 Å². The first-order chi connectivity index (χ1) is 8.66. The molecular formula is C13H11ClF2N2O. The van der Waals surface area contributed by atoms with Gasteiger partial charge in [0.2, 0.25) is 6.54 Å². The Labute approximate surface area is 115 Å². The van der Waals surface area contributed by atoms with Crippen LogP contribution in [0.4, 0.5) is 14.5 Å². The first-order valence-corrected chi connectivity index (χ1v) is 5.35. The first-order valence-electron chi connectivity index (χ1n) is 5.35. The summed E-state index contributed by atoms with van der Waals surface area (Å²) in [4.78, 5) is 11.6. The zero-order valence-corrected chi connectivity index (χ0v) is 10.6. The van der Waals surface area contributed by atoms with Gasteiger partial charge >= 0.3 is 0 Å². The molecule has 0 radical (unpaired) electrons. The van der Waals surface area contributed by atoms with Gasteiger partial charge in [0.05, 0.1) is 0 Å². The van der Waals surface area contributed by atoms with Gasteiger partial charge in [-0.05, 0) is 12.1 Å². The SMILES string of the molecule is O=C(C[n+]1ccccc1)Nc1c(F)cccc1F.[Cl-]. The highest BCUT2D eigenvalue weighted by molar-refractivity contribution is 5.89. The summed E-state index contributed by atoms with van der Waals surface area (Å²) in [6.07, 6.45) is 3.38. The van der Waals surface area contributed by atoms with E-state index >= 15 is 0 Å². The zero-order chi connectivity index (χ0) is 13.0. The van der Waals surface area contributed by atoms with Crippen molar-refractivity contribution in [3.05, 3.63) is 60.4 Å². The van der Waals surface area contributed by atoms with Gasteiger partial charge in [-0.1, -0.05) is 12.1 Å². The summed E-state index contributed by atoms with van der Waals surface area (Å²) >= 11 is 0. The molecule has 0 spiro atoms. The van der Waals surface area contributed by atoms with Crippen LogP contribution < -0.4 is 22.3 Å². The molecule has 2 rings (SSSR count). The fourth-order valence-corrected chi connectivity index (χ4v) is 1.50. The zero-order valence-electron chi connectivity index (χ0n) is 9.82. The van der Waals surface area contributed by atoms with E-state index in [4.69, 9.17) is 0 Å². The largest absolute Gasteiger partial charge is 1.00 e. The number of rotatable bonds is 3. The van der Waals surface area contributed by atoms with E-state index in [9.17, 15) is 13.6 Å². The fourth-order valence-electron chi connectivity index (χ4n) is 1.50. The lowest BCUT2D eigenvalue weighted by atomic mass is 10.3. The Morgan fingerprint density at radius 3 is 2.21 bits per heavy atom. The van der Waals surface area contributed by atoms with Gasteiger partial charge in [-0.15, -0.1) is 0 Å². The number of hydrogen-bond donors (Lipinski definition) is 1. The average Bonchev–Trinajstić information content (AvgIpc) is 2.35. The van der Waals surface area contributed by atoms with Crippen LogP contribution in [0.3, 0.4) is 0 Å². The van der Waals surface area contributed by atoms with Gasteiger partial charge < -0.3 is 17.7 Å². The van der Waals surface area contributed by atoms with Crippen molar-refractivity contribution in [1.29, 1.82) is 0 Å². The van der Waals surface area contributed by atoms with Gasteiger partial charge in [0, 0.05) is 12.1 Å². The highest BCUT2D eigenvalue weighted by Crippen LogP contribution is 2.17. The maximum Gasteiger partial charge on any atom is 0.290 e. The van der Waals surface area contributed by atoms with Crippen LogP contribution in [0.1, 0.15) is 0 Å². The van der Waals surface area contributed by atoms with Gasteiger partial charge in [-0.25, -0.2) is 8.78 Å². The molecule has 19 heavy (non-hydrogen) atoms. The van der Waals surface area contributed by atoms with Crippen molar-refractivity contribution in [2.75, 3.05) is 5.32 Å². The lowest BCUT2D eigenvalue weighted by Crippen LogP contribution is -3.00. The van der Waals surface area contributed by atoms with Crippen LogP contribution in [0.25, 0.3) is 0 Å².